The van der Waals surface area contributed by atoms with Crippen molar-refractivity contribution in [3.05, 3.63) is 24.9 Å². The van der Waals surface area contributed by atoms with Crippen LogP contribution in [0.15, 0.2) is 24.9 Å². The molecule has 12 heavy (non-hydrogen) atoms. The molecule has 0 aromatic rings. The molecule has 0 saturated heterocycles. The number of allylic oxidation sites excluding steroid dienone is 2. The molecule has 0 amide bonds. The van der Waals surface area contributed by atoms with Crippen molar-refractivity contribution in [2.24, 2.45) is 11.8 Å². The SMILES string of the molecule is C=C[C@@H](C)[C@H](C)CC(=C)N(C)C. The second-order valence-corrected chi connectivity index (χ2v) is 3.74. The summed E-state index contributed by atoms with van der Waals surface area (Å²) in [4.78, 5) is 2.08. The first-order valence-corrected chi connectivity index (χ1v) is 4.46. The van der Waals surface area contributed by atoms with Gasteiger partial charge in [-0.25, -0.2) is 0 Å². The Morgan fingerprint density at radius 1 is 1.42 bits per heavy atom. The minimum atomic E-state index is 0.571. The maximum absolute atomic E-state index is 4.00. The summed E-state index contributed by atoms with van der Waals surface area (Å²) >= 11 is 0. The van der Waals surface area contributed by atoms with E-state index < -0.39 is 0 Å². The Hall–Kier alpha value is -0.720. The van der Waals surface area contributed by atoms with Crippen LogP contribution in [-0.2, 0) is 0 Å². The molecule has 70 valence electrons. The third kappa shape index (κ3) is 3.61. The average molecular weight is 167 g/mol. The zero-order valence-corrected chi connectivity index (χ0v) is 8.80. The van der Waals surface area contributed by atoms with E-state index in [4.69, 9.17) is 0 Å². The summed E-state index contributed by atoms with van der Waals surface area (Å²) in [5.74, 6) is 1.21. The largest absolute Gasteiger partial charge is 0.381 e. The van der Waals surface area contributed by atoms with E-state index in [-0.39, 0.29) is 0 Å². The molecule has 2 atom stereocenters. The summed E-state index contributed by atoms with van der Waals surface area (Å²) < 4.78 is 0. The quantitative estimate of drug-likeness (QED) is 0.569. The van der Waals surface area contributed by atoms with Gasteiger partial charge in [-0.1, -0.05) is 26.5 Å². The standard InChI is InChI=1S/C11H21N/c1-7-9(2)10(3)8-11(4)12(5)6/h7,9-10H,1,4,8H2,2-3,5-6H3/t9-,10-/m1/s1. The minimum Gasteiger partial charge on any atom is -0.381 e. The van der Waals surface area contributed by atoms with Gasteiger partial charge in [0.05, 0.1) is 0 Å². The molecule has 0 saturated carbocycles. The highest BCUT2D eigenvalue weighted by atomic mass is 15.1. The predicted molar refractivity (Wildman–Crippen MR) is 56.0 cm³/mol. The molecule has 0 aromatic carbocycles. The topological polar surface area (TPSA) is 3.24 Å². The van der Waals surface area contributed by atoms with Crippen molar-refractivity contribution in [3.63, 3.8) is 0 Å². The Morgan fingerprint density at radius 3 is 2.25 bits per heavy atom. The summed E-state index contributed by atoms with van der Waals surface area (Å²) in [5.41, 5.74) is 1.19. The van der Waals surface area contributed by atoms with Crippen LogP contribution in [0.1, 0.15) is 20.3 Å². The number of rotatable bonds is 5. The van der Waals surface area contributed by atoms with E-state index in [0.717, 1.165) is 6.42 Å². The number of hydrogen-bond acceptors (Lipinski definition) is 1. The third-order valence-electron chi connectivity index (χ3n) is 2.46. The van der Waals surface area contributed by atoms with Crippen LogP contribution in [0.4, 0.5) is 0 Å². The van der Waals surface area contributed by atoms with Gasteiger partial charge in [-0.2, -0.15) is 0 Å². The van der Waals surface area contributed by atoms with Gasteiger partial charge in [0.15, 0.2) is 0 Å². The molecule has 0 aromatic heterocycles. The Morgan fingerprint density at radius 2 is 1.92 bits per heavy atom. The lowest BCUT2D eigenvalue weighted by molar-refractivity contribution is 0.395. The van der Waals surface area contributed by atoms with Crippen LogP contribution < -0.4 is 0 Å². The molecule has 0 aliphatic heterocycles. The van der Waals surface area contributed by atoms with E-state index in [0.29, 0.717) is 11.8 Å². The highest BCUT2D eigenvalue weighted by Gasteiger charge is 2.10. The van der Waals surface area contributed by atoms with Gasteiger partial charge in [-0.3, -0.25) is 0 Å². The molecule has 0 heterocycles. The van der Waals surface area contributed by atoms with Crippen LogP contribution in [0.25, 0.3) is 0 Å². The van der Waals surface area contributed by atoms with E-state index in [2.05, 4.69) is 31.9 Å². The van der Waals surface area contributed by atoms with Gasteiger partial charge in [0.1, 0.15) is 0 Å². The molecular formula is C11H21N. The van der Waals surface area contributed by atoms with E-state index >= 15 is 0 Å². The molecule has 0 aliphatic rings. The van der Waals surface area contributed by atoms with Crippen LogP contribution in [0.3, 0.4) is 0 Å². The van der Waals surface area contributed by atoms with Crippen molar-refractivity contribution in [2.45, 2.75) is 20.3 Å². The molecule has 0 rings (SSSR count). The van der Waals surface area contributed by atoms with Crippen molar-refractivity contribution in [1.82, 2.24) is 4.90 Å². The molecule has 0 bridgehead atoms. The van der Waals surface area contributed by atoms with Gasteiger partial charge in [0, 0.05) is 19.8 Å². The summed E-state index contributed by atoms with van der Waals surface area (Å²) in [5, 5.41) is 0. The highest BCUT2D eigenvalue weighted by molar-refractivity contribution is 4.94. The van der Waals surface area contributed by atoms with Gasteiger partial charge in [0.25, 0.3) is 0 Å². The lowest BCUT2D eigenvalue weighted by Crippen LogP contribution is -2.15. The second-order valence-electron chi connectivity index (χ2n) is 3.74. The zero-order chi connectivity index (χ0) is 9.72. The fourth-order valence-electron chi connectivity index (χ4n) is 0.972. The minimum absolute atomic E-state index is 0.571. The maximum Gasteiger partial charge on any atom is 0.00579 e. The molecule has 1 nitrogen and oxygen atoms in total. The van der Waals surface area contributed by atoms with E-state index in [1.807, 2.05) is 20.2 Å². The second kappa shape index (κ2) is 5.02. The van der Waals surface area contributed by atoms with Crippen LogP contribution in [0.2, 0.25) is 0 Å². The first kappa shape index (κ1) is 11.3. The smallest absolute Gasteiger partial charge is 0.00579 e. The van der Waals surface area contributed by atoms with Crippen molar-refractivity contribution >= 4 is 0 Å². The molecule has 0 unspecified atom stereocenters. The predicted octanol–water partition coefficient (Wildman–Crippen LogP) is 2.91. The highest BCUT2D eigenvalue weighted by Crippen LogP contribution is 2.20. The molecule has 0 aliphatic carbocycles. The number of nitrogens with zero attached hydrogens (tertiary/aromatic N) is 1. The molecule has 0 N–H and O–H groups in total. The average Bonchev–Trinajstić information content (AvgIpc) is 2.02. The molecular weight excluding hydrogens is 146 g/mol. The molecule has 0 radical (unpaired) electrons. The third-order valence-corrected chi connectivity index (χ3v) is 2.46. The van der Waals surface area contributed by atoms with Gasteiger partial charge < -0.3 is 4.90 Å². The molecule has 0 fully saturated rings. The van der Waals surface area contributed by atoms with Crippen LogP contribution in [0, 0.1) is 11.8 Å². The Labute approximate surface area is 76.8 Å². The molecule has 0 spiro atoms. The van der Waals surface area contributed by atoms with Crippen molar-refractivity contribution < 1.29 is 0 Å². The summed E-state index contributed by atoms with van der Waals surface area (Å²) in [6, 6.07) is 0. The lowest BCUT2D eigenvalue weighted by Gasteiger charge is -2.22. The van der Waals surface area contributed by atoms with Crippen molar-refractivity contribution in [2.75, 3.05) is 14.1 Å². The van der Waals surface area contributed by atoms with Crippen LogP contribution in [0.5, 0.6) is 0 Å². The summed E-state index contributed by atoms with van der Waals surface area (Å²) in [6.07, 6.45) is 3.06. The maximum atomic E-state index is 4.00. The van der Waals surface area contributed by atoms with E-state index in [1.54, 1.807) is 0 Å². The van der Waals surface area contributed by atoms with Crippen LogP contribution in [-0.4, -0.2) is 19.0 Å². The van der Waals surface area contributed by atoms with Crippen LogP contribution >= 0.6 is 0 Å². The summed E-state index contributed by atoms with van der Waals surface area (Å²) in [6.45, 7) is 12.2. The monoisotopic (exact) mass is 167 g/mol. The normalized spacial score (nSPS) is 15.0. The van der Waals surface area contributed by atoms with Gasteiger partial charge in [0.2, 0.25) is 0 Å². The van der Waals surface area contributed by atoms with Crippen molar-refractivity contribution in [1.29, 1.82) is 0 Å². The van der Waals surface area contributed by atoms with Gasteiger partial charge in [-0.15, -0.1) is 6.58 Å². The Balaban J connectivity index is 3.91. The lowest BCUT2D eigenvalue weighted by atomic mass is 9.92. The zero-order valence-electron chi connectivity index (χ0n) is 8.80. The Kier molecular flexibility index (Phi) is 4.72. The first-order valence-electron chi connectivity index (χ1n) is 4.46. The van der Waals surface area contributed by atoms with E-state index in [9.17, 15) is 0 Å². The number of hydrogen-bond donors (Lipinski definition) is 0. The Bertz CT molecular complexity index is 158. The summed E-state index contributed by atoms with van der Waals surface area (Å²) in [7, 11) is 4.07. The van der Waals surface area contributed by atoms with Gasteiger partial charge >= 0.3 is 0 Å². The van der Waals surface area contributed by atoms with Gasteiger partial charge in [-0.05, 0) is 18.3 Å². The van der Waals surface area contributed by atoms with Crippen molar-refractivity contribution in [3.8, 4) is 0 Å². The molecule has 1 heteroatoms. The van der Waals surface area contributed by atoms with E-state index in [1.165, 1.54) is 5.70 Å². The first-order chi connectivity index (χ1) is 5.49. The fraction of sp³-hybridized carbons (Fsp3) is 0.636. The fourth-order valence-corrected chi connectivity index (χ4v) is 0.972.